The number of hydrogen-bond donors (Lipinski definition) is 2. The fraction of sp³-hybridized carbons (Fsp3) is 0. The summed E-state index contributed by atoms with van der Waals surface area (Å²) in [4.78, 5) is 0. The second-order valence-electron chi connectivity index (χ2n) is 2.70. The van der Waals surface area contributed by atoms with E-state index in [0.29, 0.717) is 11.6 Å². The Morgan fingerprint density at radius 3 is 2.86 bits per heavy atom. The fourth-order valence-corrected chi connectivity index (χ4v) is 0.996. The summed E-state index contributed by atoms with van der Waals surface area (Å²) < 4.78 is 18.2. The van der Waals surface area contributed by atoms with Crippen molar-refractivity contribution in [3.05, 3.63) is 36.3 Å². The highest BCUT2D eigenvalue weighted by Gasteiger charge is 2.02. The molecule has 1 aromatic heterocycles. The van der Waals surface area contributed by atoms with Crippen LogP contribution in [0.5, 0.6) is 11.6 Å². The number of ether oxygens (including phenoxy) is 1. The maximum absolute atomic E-state index is 13.0. The second-order valence-corrected chi connectivity index (χ2v) is 2.70. The second kappa shape index (κ2) is 3.37. The van der Waals surface area contributed by atoms with E-state index in [-0.39, 0.29) is 5.69 Å². The molecule has 1 heterocycles. The Morgan fingerprint density at radius 1 is 1.36 bits per heavy atom. The molecular weight excluding hydrogens is 185 g/mol. The molecule has 3 N–H and O–H groups in total. The molecule has 0 fully saturated rings. The first-order chi connectivity index (χ1) is 6.75. The maximum atomic E-state index is 13.0. The molecule has 0 saturated heterocycles. The Morgan fingerprint density at radius 2 is 2.21 bits per heavy atom. The van der Waals surface area contributed by atoms with E-state index in [1.54, 1.807) is 18.3 Å². The summed E-state index contributed by atoms with van der Waals surface area (Å²) >= 11 is 0. The molecule has 0 radical (unpaired) electrons. The zero-order chi connectivity index (χ0) is 9.97. The van der Waals surface area contributed by atoms with Gasteiger partial charge in [-0.1, -0.05) is 0 Å². The molecule has 0 aliphatic carbocycles. The van der Waals surface area contributed by atoms with E-state index in [4.69, 9.17) is 10.5 Å². The van der Waals surface area contributed by atoms with Gasteiger partial charge in [0.25, 0.3) is 0 Å². The summed E-state index contributed by atoms with van der Waals surface area (Å²) in [5.41, 5.74) is 5.41. The number of nitrogens with two attached hydrogens (primary N) is 1. The Balaban J connectivity index is 2.22. The number of nitrogens with zero attached hydrogens (tertiary/aromatic N) is 1. The van der Waals surface area contributed by atoms with Gasteiger partial charge in [0.15, 0.2) is 0 Å². The molecule has 0 bridgehead atoms. The molecule has 5 heteroatoms. The minimum absolute atomic E-state index is 0.0966. The summed E-state index contributed by atoms with van der Waals surface area (Å²) in [6, 6.07) is 5.86. The lowest BCUT2D eigenvalue weighted by atomic mass is 10.3. The third kappa shape index (κ3) is 1.66. The van der Waals surface area contributed by atoms with E-state index in [9.17, 15) is 4.39 Å². The van der Waals surface area contributed by atoms with E-state index in [2.05, 4.69) is 10.2 Å². The van der Waals surface area contributed by atoms with Gasteiger partial charge in [0.1, 0.15) is 11.6 Å². The highest BCUT2D eigenvalue weighted by molar-refractivity contribution is 5.44. The quantitative estimate of drug-likeness (QED) is 0.716. The number of nitrogens with one attached hydrogen (secondary N) is 1. The van der Waals surface area contributed by atoms with Crippen molar-refractivity contribution in [1.29, 1.82) is 0 Å². The van der Waals surface area contributed by atoms with E-state index < -0.39 is 5.82 Å². The topological polar surface area (TPSA) is 63.9 Å². The van der Waals surface area contributed by atoms with Crippen molar-refractivity contribution in [2.45, 2.75) is 0 Å². The number of H-pyrrole nitrogens is 1. The van der Waals surface area contributed by atoms with Crippen LogP contribution in [0.3, 0.4) is 0 Å². The summed E-state index contributed by atoms with van der Waals surface area (Å²) in [6.07, 6.45) is 1.61. The molecule has 0 atom stereocenters. The molecule has 72 valence electrons. The molecular formula is C9H8FN3O. The zero-order valence-electron chi connectivity index (χ0n) is 7.20. The predicted molar refractivity (Wildman–Crippen MR) is 49.5 cm³/mol. The molecule has 14 heavy (non-hydrogen) atoms. The number of halogens is 1. The van der Waals surface area contributed by atoms with Gasteiger partial charge in [-0.2, -0.15) is 0 Å². The fourth-order valence-electron chi connectivity index (χ4n) is 0.996. The molecule has 0 aliphatic heterocycles. The first kappa shape index (κ1) is 8.55. The number of aromatic nitrogens is 2. The predicted octanol–water partition coefficient (Wildman–Crippen LogP) is 1.92. The van der Waals surface area contributed by atoms with Crippen LogP contribution in [0.1, 0.15) is 0 Å². The monoisotopic (exact) mass is 193 g/mol. The van der Waals surface area contributed by atoms with Crippen LogP contribution in [0.2, 0.25) is 0 Å². The van der Waals surface area contributed by atoms with Crippen molar-refractivity contribution in [3.8, 4) is 11.6 Å². The Kier molecular flexibility index (Phi) is 2.06. The first-order valence-electron chi connectivity index (χ1n) is 3.98. The molecule has 4 nitrogen and oxygen atoms in total. The summed E-state index contributed by atoms with van der Waals surface area (Å²) in [5.74, 6) is 0.246. The smallest absolute Gasteiger partial charge is 0.237 e. The van der Waals surface area contributed by atoms with Crippen molar-refractivity contribution in [1.82, 2.24) is 10.2 Å². The molecule has 2 aromatic rings. The molecule has 0 aliphatic rings. The summed E-state index contributed by atoms with van der Waals surface area (Å²) in [6.45, 7) is 0. The average molecular weight is 193 g/mol. The zero-order valence-corrected chi connectivity index (χ0v) is 7.20. The Bertz CT molecular complexity index is 428. The van der Waals surface area contributed by atoms with Gasteiger partial charge in [0.05, 0.1) is 5.69 Å². The lowest BCUT2D eigenvalue weighted by Crippen LogP contribution is -1.91. The van der Waals surface area contributed by atoms with Crippen molar-refractivity contribution in [2.75, 3.05) is 5.73 Å². The van der Waals surface area contributed by atoms with Gasteiger partial charge in [-0.25, -0.2) is 4.39 Å². The summed E-state index contributed by atoms with van der Waals surface area (Å²) in [7, 11) is 0. The molecule has 0 amide bonds. The molecule has 0 saturated carbocycles. The van der Waals surface area contributed by atoms with Crippen LogP contribution in [-0.4, -0.2) is 10.2 Å². The van der Waals surface area contributed by atoms with E-state index >= 15 is 0 Å². The van der Waals surface area contributed by atoms with Crippen LogP contribution >= 0.6 is 0 Å². The van der Waals surface area contributed by atoms with Gasteiger partial charge in [-0.05, 0) is 12.1 Å². The molecule has 1 aromatic carbocycles. The van der Waals surface area contributed by atoms with Gasteiger partial charge < -0.3 is 10.5 Å². The minimum Gasteiger partial charge on any atom is -0.437 e. The van der Waals surface area contributed by atoms with Gasteiger partial charge in [-0.15, -0.1) is 5.10 Å². The van der Waals surface area contributed by atoms with Crippen LogP contribution in [0, 0.1) is 5.82 Å². The number of nitrogen functional groups attached to an aromatic ring is 1. The standard InChI is InChI=1S/C9H8FN3O/c10-7-5-6(1-2-8(7)11)14-9-3-4-12-13-9/h1-5H,11H2,(H,12,13). The van der Waals surface area contributed by atoms with Crippen LogP contribution in [0.4, 0.5) is 10.1 Å². The highest BCUT2D eigenvalue weighted by atomic mass is 19.1. The van der Waals surface area contributed by atoms with Crippen LogP contribution < -0.4 is 10.5 Å². The van der Waals surface area contributed by atoms with Crippen LogP contribution in [0.25, 0.3) is 0 Å². The minimum atomic E-state index is -0.502. The van der Waals surface area contributed by atoms with E-state index in [0.717, 1.165) is 0 Å². The van der Waals surface area contributed by atoms with Gasteiger partial charge in [-0.3, -0.25) is 5.10 Å². The van der Waals surface area contributed by atoms with E-state index in [1.165, 1.54) is 12.1 Å². The maximum Gasteiger partial charge on any atom is 0.237 e. The number of rotatable bonds is 2. The van der Waals surface area contributed by atoms with Crippen LogP contribution in [-0.2, 0) is 0 Å². The number of aromatic amines is 1. The first-order valence-corrected chi connectivity index (χ1v) is 3.98. The highest BCUT2D eigenvalue weighted by Crippen LogP contribution is 2.22. The molecule has 0 unspecified atom stereocenters. The van der Waals surface area contributed by atoms with Gasteiger partial charge >= 0.3 is 0 Å². The van der Waals surface area contributed by atoms with Crippen molar-refractivity contribution in [2.24, 2.45) is 0 Å². The van der Waals surface area contributed by atoms with Crippen LogP contribution in [0.15, 0.2) is 30.5 Å². The molecule has 0 spiro atoms. The average Bonchev–Trinajstić information content (AvgIpc) is 2.64. The number of anilines is 1. The number of hydrogen-bond acceptors (Lipinski definition) is 3. The van der Waals surface area contributed by atoms with Crippen molar-refractivity contribution >= 4 is 5.69 Å². The third-order valence-corrected chi connectivity index (χ3v) is 1.67. The SMILES string of the molecule is Nc1ccc(Oc2cc[nH]n2)cc1F. The van der Waals surface area contributed by atoms with Crippen molar-refractivity contribution < 1.29 is 9.13 Å². The Hall–Kier alpha value is -2.04. The van der Waals surface area contributed by atoms with E-state index in [1.807, 2.05) is 0 Å². The van der Waals surface area contributed by atoms with Gasteiger partial charge in [0, 0.05) is 18.3 Å². The molecule has 2 rings (SSSR count). The van der Waals surface area contributed by atoms with Crippen molar-refractivity contribution in [3.63, 3.8) is 0 Å². The van der Waals surface area contributed by atoms with Gasteiger partial charge in [0.2, 0.25) is 5.88 Å². The lowest BCUT2D eigenvalue weighted by molar-refractivity contribution is 0.457. The Labute approximate surface area is 79.5 Å². The number of benzene rings is 1. The third-order valence-electron chi connectivity index (χ3n) is 1.67. The lowest BCUT2D eigenvalue weighted by Gasteiger charge is -2.02. The largest absolute Gasteiger partial charge is 0.437 e. The normalized spacial score (nSPS) is 10.1. The summed E-state index contributed by atoms with van der Waals surface area (Å²) in [5, 5.41) is 6.35.